The third-order valence-corrected chi connectivity index (χ3v) is 3.26. The number of aliphatic carboxylic acids is 1. The summed E-state index contributed by atoms with van der Waals surface area (Å²) in [4.78, 5) is 22.7. The maximum absolute atomic E-state index is 12.6. The second-order valence-corrected chi connectivity index (χ2v) is 5.08. The zero-order chi connectivity index (χ0) is 15.6. The molecule has 21 heavy (non-hydrogen) atoms. The number of benzene rings is 1. The minimum Gasteiger partial charge on any atom is -0.480 e. The van der Waals surface area contributed by atoms with E-state index in [1.807, 2.05) is 0 Å². The molecular formula is C14H14F3NO3. The molecule has 0 spiro atoms. The summed E-state index contributed by atoms with van der Waals surface area (Å²) in [6.45, 7) is 0. The number of halogens is 3. The van der Waals surface area contributed by atoms with Crippen LogP contribution in [0.1, 0.15) is 24.0 Å². The smallest absolute Gasteiger partial charge is 0.416 e. The number of hydrogen-bond donors (Lipinski definition) is 2. The number of carboxylic acids is 1. The molecule has 114 valence electrons. The first-order valence-corrected chi connectivity index (χ1v) is 6.46. The van der Waals surface area contributed by atoms with Gasteiger partial charge in [0.15, 0.2) is 0 Å². The normalized spacial score (nSPS) is 16.3. The summed E-state index contributed by atoms with van der Waals surface area (Å²) >= 11 is 0. The van der Waals surface area contributed by atoms with E-state index in [2.05, 4.69) is 5.32 Å². The van der Waals surface area contributed by atoms with Crippen molar-refractivity contribution in [3.63, 3.8) is 0 Å². The molecule has 1 fully saturated rings. The molecule has 1 saturated carbocycles. The Morgan fingerprint density at radius 1 is 1.33 bits per heavy atom. The molecule has 1 aromatic rings. The summed E-state index contributed by atoms with van der Waals surface area (Å²) in [5.41, 5.74) is -0.619. The summed E-state index contributed by atoms with van der Waals surface area (Å²) in [6.07, 6.45) is -3.22. The Kier molecular flexibility index (Phi) is 4.20. The number of nitrogens with one attached hydrogen (secondary N) is 1. The number of hydrogen-bond acceptors (Lipinski definition) is 2. The Bertz CT molecular complexity index is 553. The van der Waals surface area contributed by atoms with Crippen molar-refractivity contribution in [3.8, 4) is 0 Å². The number of carbonyl (C=O) groups excluding carboxylic acids is 1. The molecule has 2 N–H and O–H groups in total. The average Bonchev–Trinajstić information content (AvgIpc) is 3.21. The van der Waals surface area contributed by atoms with Gasteiger partial charge in [-0.15, -0.1) is 0 Å². The minimum absolute atomic E-state index is 0.159. The number of alkyl halides is 3. The van der Waals surface area contributed by atoms with Crippen LogP contribution in [0.15, 0.2) is 24.3 Å². The van der Waals surface area contributed by atoms with Gasteiger partial charge in [-0.05, 0) is 24.5 Å². The summed E-state index contributed by atoms with van der Waals surface area (Å²) in [5.74, 6) is -1.77. The highest BCUT2D eigenvalue weighted by atomic mass is 19.4. The first kappa shape index (κ1) is 15.3. The van der Waals surface area contributed by atoms with Crippen LogP contribution < -0.4 is 5.32 Å². The van der Waals surface area contributed by atoms with Crippen molar-refractivity contribution < 1.29 is 27.9 Å². The van der Waals surface area contributed by atoms with Crippen molar-refractivity contribution in [3.05, 3.63) is 35.4 Å². The van der Waals surface area contributed by atoms with Gasteiger partial charge in [-0.25, -0.2) is 4.79 Å². The Labute approximate surface area is 119 Å². The van der Waals surface area contributed by atoms with Gasteiger partial charge in [0.2, 0.25) is 5.91 Å². The van der Waals surface area contributed by atoms with Gasteiger partial charge in [0.05, 0.1) is 5.56 Å². The predicted octanol–water partition coefficient (Wildman–Crippen LogP) is 2.23. The van der Waals surface area contributed by atoms with Crippen LogP contribution in [0.2, 0.25) is 0 Å². The lowest BCUT2D eigenvalue weighted by Crippen LogP contribution is -2.43. The maximum Gasteiger partial charge on any atom is 0.416 e. The van der Waals surface area contributed by atoms with Gasteiger partial charge in [0.1, 0.15) is 6.04 Å². The molecule has 1 aliphatic carbocycles. The first-order valence-electron chi connectivity index (χ1n) is 6.46. The van der Waals surface area contributed by atoms with Crippen molar-refractivity contribution in [2.45, 2.75) is 31.5 Å². The number of carbonyl (C=O) groups is 2. The summed E-state index contributed by atoms with van der Waals surface area (Å²) in [5, 5.41) is 11.4. The molecule has 1 aromatic carbocycles. The Balaban J connectivity index is 2.09. The van der Waals surface area contributed by atoms with Gasteiger partial charge in [-0.3, -0.25) is 4.79 Å². The van der Waals surface area contributed by atoms with Gasteiger partial charge in [0.25, 0.3) is 0 Å². The molecule has 1 amide bonds. The zero-order valence-corrected chi connectivity index (χ0v) is 11.0. The molecule has 0 saturated heterocycles. The molecule has 0 unspecified atom stereocenters. The fourth-order valence-corrected chi connectivity index (χ4v) is 1.95. The Hall–Kier alpha value is -2.05. The van der Waals surface area contributed by atoms with Gasteiger partial charge in [-0.1, -0.05) is 18.2 Å². The standard InChI is InChI=1S/C14H14F3NO3/c15-14(16,17)10-3-1-2-8(6-10)7-11(13(20)21)18-12(19)9-4-5-9/h1-3,6,9,11H,4-5,7H2,(H,18,19)(H,20,21)/t11-/m1/s1. The monoisotopic (exact) mass is 301 g/mol. The highest BCUT2D eigenvalue weighted by molar-refractivity contribution is 5.86. The van der Waals surface area contributed by atoms with Crippen molar-refractivity contribution in [2.24, 2.45) is 5.92 Å². The third kappa shape index (κ3) is 4.21. The maximum atomic E-state index is 12.6. The first-order chi connectivity index (χ1) is 9.77. The second-order valence-electron chi connectivity index (χ2n) is 5.08. The molecular weight excluding hydrogens is 287 g/mol. The molecule has 0 heterocycles. The van der Waals surface area contributed by atoms with Gasteiger partial charge in [-0.2, -0.15) is 13.2 Å². The van der Waals surface area contributed by atoms with Crippen LogP contribution in [0.3, 0.4) is 0 Å². The van der Waals surface area contributed by atoms with Crippen molar-refractivity contribution in [2.75, 3.05) is 0 Å². The topological polar surface area (TPSA) is 66.4 Å². The molecule has 0 aliphatic heterocycles. The molecule has 1 atom stereocenters. The van der Waals surface area contributed by atoms with Gasteiger partial charge < -0.3 is 10.4 Å². The molecule has 4 nitrogen and oxygen atoms in total. The van der Waals surface area contributed by atoms with Gasteiger partial charge >= 0.3 is 12.1 Å². The molecule has 7 heteroatoms. The highest BCUT2D eigenvalue weighted by Crippen LogP contribution is 2.30. The molecule has 0 radical (unpaired) electrons. The number of rotatable bonds is 5. The fraction of sp³-hybridized carbons (Fsp3) is 0.429. The SMILES string of the molecule is O=C(N[C@H](Cc1cccc(C(F)(F)F)c1)C(=O)O)C1CC1. The average molecular weight is 301 g/mol. The molecule has 1 aliphatic rings. The lowest BCUT2D eigenvalue weighted by molar-refractivity contribution is -0.142. The van der Waals surface area contributed by atoms with E-state index in [1.54, 1.807) is 0 Å². The van der Waals surface area contributed by atoms with Crippen LogP contribution in [0, 0.1) is 5.92 Å². The number of carboxylic acid groups (broad SMARTS) is 1. The quantitative estimate of drug-likeness (QED) is 0.876. The van der Waals surface area contributed by atoms with E-state index in [-0.39, 0.29) is 23.8 Å². The van der Waals surface area contributed by atoms with Crippen LogP contribution in [0.5, 0.6) is 0 Å². The predicted molar refractivity (Wildman–Crippen MR) is 67.4 cm³/mol. The van der Waals surface area contributed by atoms with E-state index in [1.165, 1.54) is 12.1 Å². The Morgan fingerprint density at radius 2 is 2.00 bits per heavy atom. The van der Waals surface area contributed by atoms with E-state index in [0.29, 0.717) is 0 Å². The van der Waals surface area contributed by atoms with Crippen LogP contribution in [0.4, 0.5) is 13.2 Å². The molecule has 0 aromatic heterocycles. The summed E-state index contributed by atoms with van der Waals surface area (Å²) in [6, 6.07) is 3.23. The second kappa shape index (κ2) is 5.75. The van der Waals surface area contributed by atoms with Gasteiger partial charge in [0, 0.05) is 12.3 Å². The van der Waals surface area contributed by atoms with Crippen LogP contribution in [-0.2, 0) is 22.2 Å². The van der Waals surface area contributed by atoms with E-state index in [9.17, 15) is 22.8 Å². The lowest BCUT2D eigenvalue weighted by atomic mass is 10.0. The summed E-state index contributed by atoms with van der Waals surface area (Å²) in [7, 11) is 0. The van der Waals surface area contributed by atoms with E-state index in [4.69, 9.17) is 5.11 Å². The highest BCUT2D eigenvalue weighted by Gasteiger charge is 2.33. The fourth-order valence-electron chi connectivity index (χ4n) is 1.95. The minimum atomic E-state index is -4.48. The van der Waals surface area contributed by atoms with Crippen molar-refractivity contribution >= 4 is 11.9 Å². The lowest BCUT2D eigenvalue weighted by Gasteiger charge is -2.15. The van der Waals surface area contributed by atoms with E-state index < -0.39 is 23.8 Å². The van der Waals surface area contributed by atoms with Crippen LogP contribution in [-0.4, -0.2) is 23.0 Å². The largest absolute Gasteiger partial charge is 0.480 e. The summed E-state index contributed by atoms with van der Waals surface area (Å²) < 4.78 is 37.8. The third-order valence-electron chi connectivity index (χ3n) is 3.26. The van der Waals surface area contributed by atoms with Crippen molar-refractivity contribution in [1.82, 2.24) is 5.32 Å². The number of amides is 1. The van der Waals surface area contributed by atoms with Crippen molar-refractivity contribution in [1.29, 1.82) is 0 Å². The molecule has 2 rings (SSSR count). The molecule has 0 bridgehead atoms. The Morgan fingerprint density at radius 3 is 2.52 bits per heavy atom. The zero-order valence-electron chi connectivity index (χ0n) is 11.0. The van der Waals surface area contributed by atoms with E-state index in [0.717, 1.165) is 25.0 Å². The van der Waals surface area contributed by atoms with Crippen LogP contribution in [0.25, 0.3) is 0 Å². The van der Waals surface area contributed by atoms with Crippen LogP contribution >= 0.6 is 0 Å². The van der Waals surface area contributed by atoms with E-state index >= 15 is 0 Å².